The van der Waals surface area contributed by atoms with Crippen molar-refractivity contribution in [3.63, 3.8) is 0 Å². The summed E-state index contributed by atoms with van der Waals surface area (Å²) < 4.78 is 8.12. The fourth-order valence-electron chi connectivity index (χ4n) is 2.24. The van der Waals surface area contributed by atoms with E-state index in [0.717, 1.165) is 0 Å². The van der Waals surface area contributed by atoms with Crippen molar-refractivity contribution in [3.05, 3.63) is 45.6 Å². The molecule has 0 aromatic carbocycles. The van der Waals surface area contributed by atoms with Gasteiger partial charge in [-0.1, -0.05) is 0 Å². The van der Waals surface area contributed by atoms with Gasteiger partial charge in [0.1, 0.15) is 0 Å². The van der Waals surface area contributed by atoms with Crippen molar-refractivity contribution in [2.24, 2.45) is 7.05 Å². The number of carbonyl (C=O) groups is 1. The molecular weight excluding hydrogens is 258 g/mol. The highest BCUT2D eigenvalue weighted by molar-refractivity contribution is 5.92. The van der Waals surface area contributed by atoms with Crippen LogP contribution in [0.5, 0.6) is 0 Å². The smallest absolute Gasteiger partial charge is 0.340 e. The van der Waals surface area contributed by atoms with Crippen LogP contribution in [-0.2, 0) is 11.8 Å². The van der Waals surface area contributed by atoms with Crippen molar-refractivity contribution in [2.75, 3.05) is 6.61 Å². The molecular formula is C14H17N3O3. The van der Waals surface area contributed by atoms with Gasteiger partial charge in [-0.2, -0.15) is 5.10 Å². The molecule has 0 amide bonds. The highest BCUT2D eigenvalue weighted by atomic mass is 16.5. The average molecular weight is 275 g/mol. The zero-order valence-electron chi connectivity index (χ0n) is 12.0. The molecule has 2 aromatic heterocycles. The summed E-state index contributed by atoms with van der Waals surface area (Å²) in [6.45, 7) is 5.51. The van der Waals surface area contributed by atoms with E-state index in [1.54, 1.807) is 44.9 Å². The monoisotopic (exact) mass is 275 g/mol. The normalized spacial score (nSPS) is 10.6. The molecule has 2 aromatic rings. The fourth-order valence-corrected chi connectivity index (χ4v) is 2.24. The summed E-state index contributed by atoms with van der Waals surface area (Å²) in [5, 5.41) is 4.05. The first-order valence-electron chi connectivity index (χ1n) is 6.35. The van der Waals surface area contributed by atoms with Crippen LogP contribution in [0.2, 0.25) is 0 Å². The predicted molar refractivity (Wildman–Crippen MR) is 74.2 cm³/mol. The molecule has 106 valence electrons. The Labute approximate surface area is 116 Å². The van der Waals surface area contributed by atoms with Crippen LogP contribution in [0.4, 0.5) is 0 Å². The molecule has 6 heteroatoms. The molecule has 2 heterocycles. The molecule has 0 aliphatic heterocycles. The molecule has 0 saturated carbocycles. The van der Waals surface area contributed by atoms with Gasteiger partial charge in [0.25, 0.3) is 5.56 Å². The molecule has 0 spiro atoms. The predicted octanol–water partition coefficient (Wildman–Crippen LogP) is 1.36. The summed E-state index contributed by atoms with van der Waals surface area (Å²) in [5.41, 5.74) is 2.03. The van der Waals surface area contributed by atoms with E-state index in [1.807, 2.05) is 0 Å². The zero-order chi connectivity index (χ0) is 14.9. The summed E-state index contributed by atoms with van der Waals surface area (Å²) in [6, 6.07) is 1.44. The summed E-state index contributed by atoms with van der Waals surface area (Å²) in [6.07, 6.45) is 3.30. The number of pyridine rings is 1. The second-order valence-corrected chi connectivity index (χ2v) is 4.55. The van der Waals surface area contributed by atoms with E-state index in [9.17, 15) is 9.59 Å². The topological polar surface area (TPSA) is 66.1 Å². The molecule has 0 unspecified atom stereocenters. The number of rotatable bonds is 3. The summed E-state index contributed by atoms with van der Waals surface area (Å²) >= 11 is 0. The lowest BCUT2D eigenvalue weighted by Crippen LogP contribution is -2.24. The van der Waals surface area contributed by atoms with Crippen molar-refractivity contribution in [1.29, 1.82) is 0 Å². The molecule has 0 bridgehead atoms. The van der Waals surface area contributed by atoms with Crippen molar-refractivity contribution in [3.8, 4) is 5.69 Å². The molecule has 6 nitrogen and oxygen atoms in total. The van der Waals surface area contributed by atoms with E-state index in [-0.39, 0.29) is 5.56 Å². The molecule has 0 atom stereocenters. The third-order valence-corrected chi connectivity index (χ3v) is 3.08. The lowest BCUT2D eigenvalue weighted by atomic mass is 10.1. The van der Waals surface area contributed by atoms with Crippen molar-refractivity contribution in [1.82, 2.24) is 14.3 Å². The maximum atomic E-state index is 12.2. The van der Waals surface area contributed by atoms with E-state index < -0.39 is 5.97 Å². The number of aromatic nitrogens is 3. The van der Waals surface area contributed by atoms with E-state index in [0.29, 0.717) is 29.1 Å². The highest BCUT2D eigenvalue weighted by Crippen LogP contribution is 2.16. The van der Waals surface area contributed by atoms with Crippen LogP contribution in [0.25, 0.3) is 5.69 Å². The molecule has 0 aliphatic rings. The largest absolute Gasteiger partial charge is 0.462 e. The Kier molecular flexibility index (Phi) is 3.74. The maximum Gasteiger partial charge on any atom is 0.340 e. The van der Waals surface area contributed by atoms with Crippen molar-refractivity contribution >= 4 is 5.97 Å². The summed E-state index contributed by atoms with van der Waals surface area (Å²) in [5.74, 6) is -0.417. The second-order valence-electron chi connectivity index (χ2n) is 4.55. The van der Waals surface area contributed by atoms with Crippen LogP contribution in [0, 0.1) is 13.8 Å². The van der Waals surface area contributed by atoms with Crippen LogP contribution in [0.15, 0.2) is 23.3 Å². The fraction of sp³-hybridized carbons (Fsp3) is 0.357. The minimum Gasteiger partial charge on any atom is -0.462 e. The lowest BCUT2D eigenvalue weighted by Gasteiger charge is -2.14. The maximum absolute atomic E-state index is 12.2. The molecule has 2 rings (SSSR count). The second kappa shape index (κ2) is 5.32. The van der Waals surface area contributed by atoms with Crippen LogP contribution >= 0.6 is 0 Å². The van der Waals surface area contributed by atoms with Gasteiger partial charge in [-0.3, -0.25) is 14.0 Å². The van der Waals surface area contributed by atoms with Gasteiger partial charge in [0.2, 0.25) is 0 Å². The first kappa shape index (κ1) is 14.0. The number of hydrogen-bond donors (Lipinski definition) is 0. The number of nitrogens with zero attached hydrogens (tertiary/aromatic N) is 3. The van der Waals surface area contributed by atoms with Crippen molar-refractivity contribution in [2.45, 2.75) is 20.8 Å². The number of aryl methyl sites for hydroxylation is 2. The van der Waals surface area contributed by atoms with Gasteiger partial charge in [-0.05, 0) is 26.3 Å². The Hall–Kier alpha value is -2.37. The Morgan fingerprint density at radius 3 is 2.65 bits per heavy atom. The molecule has 0 aliphatic carbocycles. The standard InChI is InChI=1S/C14H17N3O3/c1-5-20-14(19)13-9(2)6-12(18)17(10(13)3)11-7-15-16(4)8-11/h6-8H,5H2,1-4H3. The average Bonchev–Trinajstić information content (AvgIpc) is 2.75. The minimum absolute atomic E-state index is 0.193. The van der Waals surface area contributed by atoms with Crippen LogP contribution < -0.4 is 5.56 Å². The number of carbonyl (C=O) groups excluding carboxylic acids is 1. The number of esters is 1. The Balaban J connectivity index is 2.67. The molecule has 0 fully saturated rings. The summed E-state index contributed by atoms with van der Waals surface area (Å²) in [4.78, 5) is 24.2. The van der Waals surface area contributed by atoms with Gasteiger partial charge < -0.3 is 4.74 Å². The van der Waals surface area contributed by atoms with Crippen LogP contribution in [0.1, 0.15) is 28.5 Å². The van der Waals surface area contributed by atoms with Crippen LogP contribution in [-0.4, -0.2) is 26.9 Å². The first-order chi connectivity index (χ1) is 9.45. The minimum atomic E-state index is -0.417. The van der Waals surface area contributed by atoms with E-state index in [4.69, 9.17) is 4.74 Å². The summed E-state index contributed by atoms with van der Waals surface area (Å²) in [7, 11) is 1.77. The van der Waals surface area contributed by atoms with Crippen molar-refractivity contribution < 1.29 is 9.53 Å². The Morgan fingerprint density at radius 2 is 2.10 bits per heavy atom. The number of hydrogen-bond acceptors (Lipinski definition) is 4. The van der Waals surface area contributed by atoms with E-state index >= 15 is 0 Å². The van der Waals surface area contributed by atoms with E-state index in [1.165, 1.54) is 10.6 Å². The number of ether oxygens (including phenoxy) is 1. The van der Waals surface area contributed by atoms with Gasteiger partial charge in [0.15, 0.2) is 0 Å². The SMILES string of the molecule is CCOC(=O)c1c(C)cc(=O)n(-c2cnn(C)c2)c1C. The van der Waals surface area contributed by atoms with Gasteiger partial charge in [0, 0.05) is 25.0 Å². The van der Waals surface area contributed by atoms with Gasteiger partial charge in [-0.25, -0.2) is 4.79 Å². The Bertz CT molecular complexity index is 713. The van der Waals surface area contributed by atoms with Gasteiger partial charge in [-0.15, -0.1) is 0 Å². The lowest BCUT2D eigenvalue weighted by molar-refractivity contribution is 0.0523. The zero-order valence-corrected chi connectivity index (χ0v) is 12.0. The van der Waals surface area contributed by atoms with Gasteiger partial charge >= 0.3 is 5.97 Å². The highest BCUT2D eigenvalue weighted by Gasteiger charge is 2.19. The molecule has 0 N–H and O–H groups in total. The first-order valence-corrected chi connectivity index (χ1v) is 6.35. The third kappa shape index (κ3) is 2.36. The quantitative estimate of drug-likeness (QED) is 0.793. The van der Waals surface area contributed by atoms with Crippen LogP contribution in [0.3, 0.4) is 0 Å². The van der Waals surface area contributed by atoms with E-state index in [2.05, 4.69) is 5.10 Å². The van der Waals surface area contributed by atoms with Gasteiger partial charge in [0.05, 0.1) is 24.1 Å². The molecule has 0 saturated heterocycles. The molecule has 20 heavy (non-hydrogen) atoms. The molecule has 0 radical (unpaired) electrons. The third-order valence-electron chi connectivity index (χ3n) is 3.08. The Morgan fingerprint density at radius 1 is 1.40 bits per heavy atom.